The molecule has 0 radical (unpaired) electrons. The van der Waals surface area contributed by atoms with Gasteiger partial charge in [0.1, 0.15) is 11.3 Å². The van der Waals surface area contributed by atoms with Gasteiger partial charge >= 0.3 is 18.5 Å². The highest BCUT2D eigenvalue weighted by molar-refractivity contribution is 6.32. The van der Waals surface area contributed by atoms with Crippen LogP contribution >= 0.6 is 11.6 Å². The first-order chi connectivity index (χ1) is 11.7. The minimum atomic E-state index is -3.23. The fourth-order valence-corrected chi connectivity index (χ4v) is 3.17. The zero-order valence-electron chi connectivity index (χ0n) is 12.8. The third-order valence-electron chi connectivity index (χ3n) is 4.04. The van der Waals surface area contributed by atoms with Crippen LogP contribution in [0.3, 0.4) is 0 Å². The largest absolute Gasteiger partial charge is 0.479 e. The number of ether oxygens (including phenoxy) is 1. The van der Waals surface area contributed by atoms with Crippen molar-refractivity contribution in [2.24, 2.45) is 0 Å². The molecule has 25 heavy (non-hydrogen) atoms. The molecule has 1 amide bonds. The van der Waals surface area contributed by atoms with E-state index in [4.69, 9.17) is 18.0 Å². The third-order valence-corrected chi connectivity index (χ3v) is 4.34. The monoisotopic (exact) mass is 375 g/mol. The van der Waals surface area contributed by atoms with Gasteiger partial charge in [-0.2, -0.15) is 8.78 Å². The molecule has 0 atom stereocenters. The molecule has 0 spiro atoms. The number of carboxylic acids is 1. The van der Waals surface area contributed by atoms with E-state index in [-0.39, 0.29) is 12.8 Å². The number of terminal acetylenes is 1. The first-order valence-corrected chi connectivity index (χ1v) is 7.59. The van der Waals surface area contributed by atoms with Gasteiger partial charge in [0.15, 0.2) is 5.82 Å². The number of carbonyl (C=O) groups excluding carboxylic acids is 1. The maximum Gasteiger partial charge on any atom is 0.387 e. The first-order valence-electron chi connectivity index (χ1n) is 7.21. The zero-order chi connectivity index (χ0) is 18.8. The van der Waals surface area contributed by atoms with Crippen LogP contribution in [0.15, 0.2) is 12.1 Å². The lowest BCUT2D eigenvalue weighted by atomic mass is 9.93. The summed E-state index contributed by atoms with van der Waals surface area (Å²) in [7, 11) is 0. The van der Waals surface area contributed by atoms with Gasteiger partial charge in [-0.05, 0) is 24.8 Å². The van der Waals surface area contributed by atoms with E-state index in [1.807, 2.05) is 0 Å². The Morgan fingerprint density at radius 2 is 1.96 bits per heavy atom. The number of aliphatic carboxylic acids is 1. The van der Waals surface area contributed by atoms with E-state index in [0.29, 0.717) is 23.8 Å². The molecule has 0 aromatic heterocycles. The van der Waals surface area contributed by atoms with E-state index >= 15 is 0 Å². The molecule has 0 saturated heterocycles. The van der Waals surface area contributed by atoms with E-state index in [1.54, 1.807) is 5.92 Å². The molecule has 1 aliphatic carbocycles. The van der Waals surface area contributed by atoms with Crippen LogP contribution in [0.25, 0.3) is 0 Å². The van der Waals surface area contributed by atoms with Crippen LogP contribution < -0.4 is 9.64 Å². The number of amides is 1. The topological polar surface area (TPSA) is 66.8 Å². The molecule has 1 saturated carbocycles. The number of halogens is 4. The van der Waals surface area contributed by atoms with E-state index in [0.717, 1.165) is 6.07 Å². The van der Waals surface area contributed by atoms with Crippen molar-refractivity contribution in [2.45, 2.75) is 37.8 Å². The molecule has 0 heterocycles. The second-order valence-corrected chi connectivity index (χ2v) is 5.85. The molecule has 5 nitrogen and oxygen atoms in total. The van der Waals surface area contributed by atoms with Crippen molar-refractivity contribution in [3.8, 4) is 18.1 Å². The Hall–Kier alpha value is -2.40. The van der Waals surface area contributed by atoms with Crippen LogP contribution in [0.5, 0.6) is 5.75 Å². The van der Waals surface area contributed by atoms with Gasteiger partial charge in [-0.3, -0.25) is 9.69 Å². The van der Waals surface area contributed by atoms with Crippen molar-refractivity contribution in [3.05, 3.63) is 23.0 Å². The number of anilines is 1. The Labute approximate surface area is 146 Å². The van der Waals surface area contributed by atoms with Crippen molar-refractivity contribution in [2.75, 3.05) is 4.90 Å². The van der Waals surface area contributed by atoms with Gasteiger partial charge < -0.3 is 9.84 Å². The van der Waals surface area contributed by atoms with Crippen LogP contribution in [-0.2, 0) is 9.59 Å². The molecule has 2 rings (SSSR count). The second kappa shape index (κ2) is 7.23. The molecule has 1 aliphatic rings. The minimum Gasteiger partial charge on any atom is -0.479 e. The van der Waals surface area contributed by atoms with E-state index < -0.39 is 46.3 Å². The zero-order valence-corrected chi connectivity index (χ0v) is 13.5. The van der Waals surface area contributed by atoms with E-state index in [1.165, 1.54) is 0 Å². The summed E-state index contributed by atoms with van der Waals surface area (Å²) in [6, 6.07) is 1.41. The van der Waals surface area contributed by atoms with Gasteiger partial charge in [0.05, 0.1) is 10.7 Å². The molecule has 1 aromatic rings. The highest BCUT2D eigenvalue weighted by Crippen LogP contribution is 2.42. The van der Waals surface area contributed by atoms with Crippen LogP contribution in [-0.4, -0.2) is 29.1 Å². The molecule has 1 aromatic carbocycles. The van der Waals surface area contributed by atoms with E-state index in [2.05, 4.69) is 4.74 Å². The number of benzene rings is 1. The molecule has 1 fully saturated rings. The average molecular weight is 376 g/mol. The summed E-state index contributed by atoms with van der Waals surface area (Å²) in [5.41, 5.74) is -2.22. The molecular formula is C16H13ClF3NO4. The lowest BCUT2D eigenvalue weighted by molar-refractivity contribution is -0.144. The summed E-state index contributed by atoms with van der Waals surface area (Å²) in [6.07, 6.45) is 6.26. The number of carbonyl (C=O) groups is 2. The molecule has 0 bridgehead atoms. The highest BCUT2D eigenvalue weighted by atomic mass is 35.5. The van der Waals surface area contributed by atoms with Crippen LogP contribution in [0.1, 0.15) is 25.7 Å². The molecule has 134 valence electrons. The standard InChI is InChI=1S/C16H13ClF3NO4/c1-2-13(22)21(16(14(23)24)5-3-4-6-16)11-7-9(17)12(8-10(11)18)25-15(19)20/h1,7-8,15H,3-6H2,(H,23,24). The second-order valence-electron chi connectivity index (χ2n) is 5.44. The number of nitrogens with zero attached hydrogens (tertiary/aromatic N) is 1. The van der Waals surface area contributed by atoms with Crippen molar-refractivity contribution in [1.82, 2.24) is 0 Å². The highest BCUT2D eigenvalue weighted by Gasteiger charge is 2.50. The average Bonchev–Trinajstić information content (AvgIpc) is 3.02. The van der Waals surface area contributed by atoms with Gasteiger partial charge in [-0.25, -0.2) is 9.18 Å². The Balaban J connectivity index is 2.60. The molecule has 9 heteroatoms. The van der Waals surface area contributed by atoms with Crippen molar-refractivity contribution in [1.29, 1.82) is 0 Å². The Morgan fingerprint density at radius 1 is 1.36 bits per heavy atom. The van der Waals surface area contributed by atoms with Crippen LogP contribution in [0.2, 0.25) is 5.02 Å². The summed E-state index contributed by atoms with van der Waals surface area (Å²) in [6.45, 7) is -3.23. The predicted molar refractivity (Wildman–Crippen MR) is 83.2 cm³/mol. The van der Waals surface area contributed by atoms with Gasteiger partial charge in [0.25, 0.3) is 0 Å². The van der Waals surface area contributed by atoms with Crippen LogP contribution in [0.4, 0.5) is 18.9 Å². The molecule has 1 N–H and O–H groups in total. The maximum absolute atomic E-state index is 14.5. The Bertz CT molecular complexity index is 742. The Morgan fingerprint density at radius 3 is 2.44 bits per heavy atom. The smallest absolute Gasteiger partial charge is 0.387 e. The fraction of sp³-hybridized carbons (Fsp3) is 0.375. The summed E-state index contributed by atoms with van der Waals surface area (Å²) in [5, 5.41) is 9.22. The predicted octanol–water partition coefficient (Wildman–Crippen LogP) is 3.44. The number of carboxylic acid groups (broad SMARTS) is 1. The molecule has 0 unspecified atom stereocenters. The molecule has 0 aliphatic heterocycles. The summed E-state index contributed by atoms with van der Waals surface area (Å²) < 4.78 is 43.2. The SMILES string of the molecule is C#CC(=O)N(c1cc(Cl)c(OC(F)F)cc1F)C1(C(=O)O)CCCC1. The minimum absolute atomic E-state index is 0.0715. The number of hydrogen-bond donors (Lipinski definition) is 1. The lowest BCUT2D eigenvalue weighted by Gasteiger charge is -2.36. The maximum atomic E-state index is 14.5. The summed E-state index contributed by atoms with van der Waals surface area (Å²) >= 11 is 5.81. The Kier molecular flexibility index (Phi) is 5.48. The van der Waals surface area contributed by atoms with Crippen LogP contribution in [0, 0.1) is 18.2 Å². The summed E-state index contributed by atoms with van der Waals surface area (Å²) in [4.78, 5) is 24.7. The van der Waals surface area contributed by atoms with Gasteiger partial charge in [-0.1, -0.05) is 24.4 Å². The van der Waals surface area contributed by atoms with Crippen molar-refractivity contribution < 1.29 is 32.6 Å². The van der Waals surface area contributed by atoms with Crippen molar-refractivity contribution >= 4 is 29.2 Å². The normalized spacial score (nSPS) is 15.7. The van der Waals surface area contributed by atoms with Gasteiger partial charge in [0, 0.05) is 6.07 Å². The fourth-order valence-electron chi connectivity index (χ4n) is 2.97. The van der Waals surface area contributed by atoms with Gasteiger partial charge in [0.2, 0.25) is 0 Å². The summed E-state index contributed by atoms with van der Waals surface area (Å²) in [5.74, 6) is -2.42. The molecular weight excluding hydrogens is 363 g/mol. The number of hydrogen-bond acceptors (Lipinski definition) is 3. The van der Waals surface area contributed by atoms with Gasteiger partial charge in [-0.15, -0.1) is 6.42 Å². The van der Waals surface area contributed by atoms with Crippen molar-refractivity contribution in [3.63, 3.8) is 0 Å². The van der Waals surface area contributed by atoms with E-state index in [9.17, 15) is 27.9 Å². The number of rotatable bonds is 5. The first kappa shape index (κ1) is 18.9. The lowest BCUT2D eigenvalue weighted by Crippen LogP contribution is -2.56. The third kappa shape index (κ3) is 3.51. The quantitative estimate of drug-likeness (QED) is 0.800. The number of alkyl halides is 2.